The second-order valence-electron chi connectivity index (χ2n) is 8.75. The molecular weight excluding hydrogens is 448 g/mol. The summed E-state index contributed by atoms with van der Waals surface area (Å²) < 4.78 is 18.4. The summed E-state index contributed by atoms with van der Waals surface area (Å²) in [5, 5.41) is 1.45. The minimum atomic E-state index is -0.514. The Morgan fingerprint density at radius 3 is 2.84 bits per heavy atom. The van der Waals surface area contributed by atoms with Crippen molar-refractivity contribution in [2.75, 3.05) is 19.7 Å². The van der Waals surface area contributed by atoms with Crippen molar-refractivity contribution in [3.8, 4) is 5.75 Å². The molecule has 0 N–H and O–H groups in total. The standard InChI is InChI=1S/C24H27ClN2O4S/c1-24(2,3)31-23(28)27-10-11-29-17(14-27)12-16-8-9-20(18(25)13-16)30-15-22-26-19-6-4-5-7-21(19)32-22/h4-9,13,17H,10-12,14-15H2,1-3H3. The van der Waals surface area contributed by atoms with E-state index in [9.17, 15) is 4.79 Å². The Hall–Kier alpha value is -2.35. The number of ether oxygens (including phenoxy) is 3. The first-order valence-electron chi connectivity index (χ1n) is 10.6. The van der Waals surface area contributed by atoms with E-state index in [1.165, 1.54) is 0 Å². The summed E-state index contributed by atoms with van der Waals surface area (Å²) in [4.78, 5) is 18.7. The Morgan fingerprint density at radius 2 is 2.09 bits per heavy atom. The van der Waals surface area contributed by atoms with Gasteiger partial charge in [0.25, 0.3) is 0 Å². The Morgan fingerprint density at radius 1 is 1.28 bits per heavy atom. The Balaban J connectivity index is 1.34. The van der Waals surface area contributed by atoms with Crippen LogP contribution in [-0.4, -0.2) is 47.4 Å². The number of morpholine rings is 1. The van der Waals surface area contributed by atoms with E-state index < -0.39 is 5.60 Å². The summed E-state index contributed by atoms with van der Waals surface area (Å²) in [6.07, 6.45) is 0.237. The quantitative estimate of drug-likeness (QED) is 0.474. The fourth-order valence-corrected chi connectivity index (χ4v) is 4.65. The number of thiazole rings is 1. The molecule has 0 aliphatic carbocycles. The summed E-state index contributed by atoms with van der Waals surface area (Å²) in [6.45, 7) is 7.48. The van der Waals surface area contributed by atoms with Gasteiger partial charge in [-0.2, -0.15) is 0 Å². The number of aromatic nitrogens is 1. The first-order valence-corrected chi connectivity index (χ1v) is 11.8. The van der Waals surface area contributed by atoms with Gasteiger partial charge in [0.15, 0.2) is 0 Å². The molecule has 1 amide bonds. The topological polar surface area (TPSA) is 60.9 Å². The van der Waals surface area contributed by atoms with Crippen LogP contribution in [0.4, 0.5) is 4.79 Å². The van der Waals surface area contributed by atoms with Crippen molar-refractivity contribution in [3.05, 3.63) is 58.1 Å². The largest absolute Gasteiger partial charge is 0.485 e. The zero-order valence-electron chi connectivity index (χ0n) is 18.5. The lowest BCUT2D eigenvalue weighted by atomic mass is 10.1. The molecule has 3 aromatic rings. The number of carbonyl (C=O) groups excluding carboxylic acids is 1. The van der Waals surface area contributed by atoms with Gasteiger partial charge in [0, 0.05) is 13.0 Å². The molecule has 2 aromatic carbocycles. The lowest BCUT2D eigenvalue weighted by Crippen LogP contribution is -2.48. The van der Waals surface area contributed by atoms with Crippen LogP contribution in [0.2, 0.25) is 5.02 Å². The Bertz CT molecular complexity index is 1060. The number of carbonyl (C=O) groups is 1. The van der Waals surface area contributed by atoms with E-state index in [0.717, 1.165) is 20.8 Å². The summed E-state index contributed by atoms with van der Waals surface area (Å²) >= 11 is 8.09. The third-order valence-corrected chi connectivity index (χ3v) is 6.24. The SMILES string of the molecule is CC(C)(C)OC(=O)N1CCOC(Cc2ccc(OCc3nc4ccccc4s3)c(Cl)c2)C1. The number of hydrogen-bond acceptors (Lipinski definition) is 6. The Kier molecular flexibility index (Phi) is 6.88. The van der Waals surface area contributed by atoms with Gasteiger partial charge in [0.2, 0.25) is 0 Å². The molecule has 6 nitrogen and oxygen atoms in total. The lowest BCUT2D eigenvalue weighted by Gasteiger charge is -2.34. The monoisotopic (exact) mass is 474 g/mol. The predicted octanol–water partition coefficient (Wildman–Crippen LogP) is 5.71. The van der Waals surface area contributed by atoms with Crippen molar-refractivity contribution in [1.82, 2.24) is 9.88 Å². The van der Waals surface area contributed by atoms with Crippen LogP contribution in [0, 0.1) is 0 Å². The highest BCUT2D eigenvalue weighted by molar-refractivity contribution is 7.18. The van der Waals surface area contributed by atoms with Crippen molar-refractivity contribution in [2.24, 2.45) is 0 Å². The van der Waals surface area contributed by atoms with Gasteiger partial charge in [0.1, 0.15) is 23.0 Å². The van der Waals surface area contributed by atoms with Crippen LogP contribution in [0.3, 0.4) is 0 Å². The smallest absolute Gasteiger partial charge is 0.410 e. The molecule has 1 aliphatic heterocycles. The average Bonchev–Trinajstić information content (AvgIpc) is 3.15. The summed E-state index contributed by atoms with van der Waals surface area (Å²) in [7, 11) is 0. The molecule has 0 spiro atoms. The normalized spacial score (nSPS) is 16.9. The molecule has 32 heavy (non-hydrogen) atoms. The molecule has 1 aliphatic rings. The lowest BCUT2D eigenvalue weighted by molar-refractivity contribution is -0.0415. The van der Waals surface area contributed by atoms with E-state index >= 15 is 0 Å². The molecule has 2 heterocycles. The van der Waals surface area contributed by atoms with Gasteiger partial charge in [0.05, 0.1) is 34.5 Å². The van der Waals surface area contributed by atoms with Crippen molar-refractivity contribution in [1.29, 1.82) is 0 Å². The summed E-state index contributed by atoms with van der Waals surface area (Å²) in [5.41, 5.74) is 1.49. The number of benzene rings is 2. The van der Waals surface area contributed by atoms with Crippen LogP contribution in [-0.2, 0) is 22.5 Å². The van der Waals surface area contributed by atoms with Crippen LogP contribution in [0.5, 0.6) is 5.75 Å². The number of para-hydroxylation sites is 1. The maximum Gasteiger partial charge on any atom is 0.410 e. The zero-order valence-corrected chi connectivity index (χ0v) is 20.0. The van der Waals surface area contributed by atoms with E-state index in [1.54, 1.807) is 16.2 Å². The highest BCUT2D eigenvalue weighted by Gasteiger charge is 2.28. The molecule has 1 saturated heterocycles. The molecule has 1 unspecified atom stereocenters. The van der Waals surface area contributed by atoms with Crippen LogP contribution in [0.25, 0.3) is 10.2 Å². The number of rotatable bonds is 5. The average molecular weight is 475 g/mol. The fraction of sp³-hybridized carbons (Fsp3) is 0.417. The first-order chi connectivity index (χ1) is 15.3. The number of halogens is 1. The van der Waals surface area contributed by atoms with Gasteiger partial charge in [-0.25, -0.2) is 9.78 Å². The van der Waals surface area contributed by atoms with E-state index in [4.69, 9.17) is 25.8 Å². The molecule has 1 fully saturated rings. The third kappa shape index (κ3) is 5.91. The summed E-state index contributed by atoms with van der Waals surface area (Å²) in [6, 6.07) is 13.8. The highest BCUT2D eigenvalue weighted by Crippen LogP contribution is 2.29. The molecule has 8 heteroatoms. The molecule has 1 atom stereocenters. The fourth-order valence-electron chi connectivity index (χ4n) is 3.51. The van der Waals surface area contributed by atoms with Crippen LogP contribution in [0.15, 0.2) is 42.5 Å². The summed E-state index contributed by atoms with van der Waals surface area (Å²) in [5.74, 6) is 0.620. The van der Waals surface area contributed by atoms with Gasteiger partial charge in [-0.15, -0.1) is 11.3 Å². The number of amides is 1. The van der Waals surface area contributed by atoms with E-state index in [0.29, 0.717) is 43.5 Å². The molecule has 1 aromatic heterocycles. The van der Waals surface area contributed by atoms with Crippen molar-refractivity contribution >= 4 is 39.2 Å². The van der Waals surface area contributed by atoms with Gasteiger partial charge >= 0.3 is 6.09 Å². The van der Waals surface area contributed by atoms with Crippen molar-refractivity contribution < 1.29 is 19.0 Å². The second-order valence-corrected chi connectivity index (χ2v) is 10.3. The minimum absolute atomic E-state index is 0.109. The van der Waals surface area contributed by atoms with Gasteiger partial charge in [-0.3, -0.25) is 0 Å². The van der Waals surface area contributed by atoms with E-state index in [2.05, 4.69) is 11.1 Å². The molecule has 0 bridgehead atoms. The number of fused-ring (bicyclic) bond motifs is 1. The first kappa shape index (κ1) is 22.8. The maximum absolute atomic E-state index is 12.4. The number of hydrogen-bond donors (Lipinski definition) is 0. The van der Waals surface area contributed by atoms with E-state index in [1.807, 2.05) is 57.2 Å². The predicted molar refractivity (Wildman–Crippen MR) is 127 cm³/mol. The maximum atomic E-state index is 12.4. The minimum Gasteiger partial charge on any atom is -0.485 e. The highest BCUT2D eigenvalue weighted by atomic mass is 35.5. The third-order valence-electron chi connectivity index (χ3n) is 4.94. The van der Waals surface area contributed by atoms with Crippen molar-refractivity contribution in [3.63, 3.8) is 0 Å². The van der Waals surface area contributed by atoms with Gasteiger partial charge in [-0.05, 0) is 50.6 Å². The molecule has 0 radical (unpaired) electrons. The van der Waals surface area contributed by atoms with E-state index in [-0.39, 0.29) is 12.2 Å². The van der Waals surface area contributed by atoms with Crippen LogP contribution >= 0.6 is 22.9 Å². The zero-order chi connectivity index (χ0) is 22.7. The molecule has 170 valence electrons. The number of nitrogens with zero attached hydrogens (tertiary/aromatic N) is 2. The van der Waals surface area contributed by atoms with Gasteiger partial charge in [-0.1, -0.05) is 29.8 Å². The second kappa shape index (κ2) is 9.65. The van der Waals surface area contributed by atoms with Crippen LogP contribution in [0.1, 0.15) is 31.3 Å². The Labute approximate surface area is 197 Å². The van der Waals surface area contributed by atoms with Crippen LogP contribution < -0.4 is 4.74 Å². The van der Waals surface area contributed by atoms with Crippen molar-refractivity contribution in [2.45, 2.75) is 45.5 Å². The molecular formula is C24H27ClN2O4S. The molecule has 0 saturated carbocycles. The molecule has 4 rings (SSSR count). The van der Waals surface area contributed by atoms with Gasteiger partial charge < -0.3 is 19.1 Å².